The number of alkyl halides is 1. The molecule has 0 amide bonds. The lowest BCUT2D eigenvalue weighted by atomic mass is 9.77. The number of hydrogen-bond donors (Lipinski definition) is 1. The van der Waals surface area contributed by atoms with Crippen molar-refractivity contribution in [1.82, 2.24) is 5.32 Å². The summed E-state index contributed by atoms with van der Waals surface area (Å²) in [6.45, 7) is 5.44. The standard InChI is InChI=1S/C25H48FNO/c1-3-5-7-9-10-11-13-22-16-19-24(27-25(22)26)21-14-17-23(18-15-21)28-20-12-8-6-4-2/h21-25,27H,3-20H2,1-2H3. The van der Waals surface area contributed by atoms with Gasteiger partial charge in [-0.3, -0.25) is 5.32 Å². The second kappa shape index (κ2) is 14.8. The predicted octanol–water partition coefficient (Wildman–Crippen LogP) is 7.56. The van der Waals surface area contributed by atoms with E-state index in [0.29, 0.717) is 18.1 Å². The average Bonchev–Trinajstić information content (AvgIpc) is 2.72. The molecule has 1 saturated heterocycles. The molecule has 1 N–H and O–H groups in total. The van der Waals surface area contributed by atoms with Crippen molar-refractivity contribution in [3.05, 3.63) is 0 Å². The number of rotatable bonds is 14. The number of hydrogen-bond acceptors (Lipinski definition) is 2. The van der Waals surface area contributed by atoms with Gasteiger partial charge in [0.1, 0.15) is 0 Å². The van der Waals surface area contributed by atoms with Crippen molar-refractivity contribution in [3.8, 4) is 0 Å². The van der Waals surface area contributed by atoms with Crippen LogP contribution in [0, 0.1) is 11.8 Å². The summed E-state index contributed by atoms with van der Waals surface area (Å²) in [6.07, 6.45) is 20.8. The first-order valence-electron chi connectivity index (χ1n) is 12.8. The Bertz CT molecular complexity index is 370. The van der Waals surface area contributed by atoms with Crippen molar-refractivity contribution in [1.29, 1.82) is 0 Å². The largest absolute Gasteiger partial charge is 0.378 e. The molecule has 166 valence electrons. The molecule has 3 atom stereocenters. The summed E-state index contributed by atoms with van der Waals surface area (Å²) in [5.41, 5.74) is 0. The normalized spacial score (nSPS) is 31.2. The molecule has 2 nitrogen and oxygen atoms in total. The van der Waals surface area contributed by atoms with E-state index in [2.05, 4.69) is 19.2 Å². The Morgan fingerprint density at radius 1 is 0.750 bits per heavy atom. The van der Waals surface area contributed by atoms with E-state index in [0.717, 1.165) is 19.4 Å². The number of unbranched alkanes of at least 4 members (excludes halogenated alkanes) is 8. The minimum Gasteiger partial charge on any atom is -0.378 e. The van der Waals surface area contributed by atoms with Crippen LogP contribution in [0.4, 0.5) is 4.39 Å². The molecule has 1 heterocycles. The van der Waals surface area contributed by atoms with Crippen LogP contribution in [0.15, 0.2) is 0 Å². The monoisotopic (exact) mass is 397 g/mol. The van der Waals surface area contributed by atoms with Gasteiger partial charge in [0.15, 0.2) is 6.30 Å². The van der Waals surface area contributed by atoms with E-state index >= 15 is 0 Å². The number of halogens is 1. The summed E-state index contributed by atoms with van der Waals surface area (Å²) in [7, 11) is 0. The van der Waals surface area contributed by atoms with Gasteiger partial charge < -0.3 is 4.74 Å². The van der Waals surface area contributed by atoms with Crippen LogP contribution < -0.4 is 5.32 Å². The summed E-state index contributed by atoms with van der Waals surface area (Å²) >= 11 is 0. The van der Waals surface area contributed by atoms with Gasteiger partial charge in [0.2, 0.25) is 0 Å². The highest BCUT2D eigenvalue weighted by molar-refractivity contribution is 4.88. The van der Waals surface area contributed by atoms with Gasteiger partial charge in [0.05, 0.1) is 6.10 Å². The molecule has 2 rings (SSSR count). The second-order valence-corrected chi connectivity index (χ2v) is 9.54. The molecule has 3 heteroatoms. The van der Waals surface area contributed by atoms with Crippen LogP contribution >= 0.6 is 0 Å². The molecule has 3 unspecified atom stereocenters. The SMILES string of the molecule is CCCCCCCCC1CCC(C2CCC(OCCCCCC)CC2)NC1F. The third-order valence-electron chi connectivity index (χ3n) is 7.20. The zero-order valence-corrected chi connectivity index (χ0v) is 18.9. The van der Waals surface area contributed by atoms with Crippen LogP contribution in [-0.4, -0.2) is 25.0 Å². The fourth-order valence-electron chi connectivity index (χ4n) is 5.25. The summed E-state index contributed by atoms with van der Waals surface area (Å²) in [6, 6.07) is 0.404. The summed E-state index contributed by atoms with van der Waals surface area (Å²) < 4.78 is 20.8. The van der Waals surface area contributed by atoms with Crippen LogP contribution in [0.25, 0.3) is 0 Å². The first-order chi connectivity index (χ1) is 13.7. The van der Waals surface area contributed by atoms with Crippen LogP contribution in [0.2, 0.25) is 0 Å². The topological polar surface area (TPSA) is 21.3 Å². The van der Waals surface area contributed by atoms with Gasteiger partial charge in [-0.05, 0) is 57.3 Å². The average molecular weight is 398 g/mol. The molecule has 28 heavy (non-hydrogen) atoms. The molecular formula is C25H48FNO. The van der Waals surface area contributed by atoms with Crippen molar-refractivity contribution in [3.63, 3.8) is 0 Å². The molecule has 0 radical (unpaired) electrons. The quantitative estimate of drug-likeness (QED) is 0.241. The Kier molecular flexibility index (Phi) is 12.7. The second-order valence-electron chi connectivity index (χ2n) is 9.54. The van der Waals surface area contributed by atoms with Gasteiger partial charge in [-0.25, -0.2) is 4.39 Å². The summed E-state index contributed by atoms with van der Waals surface area (Å²) in [4.78, 5) is 0. The zero-order valence-electron chi connectivity index (χ0n) is 18.9. The van der Waals surface area contributed by atoms with Crippen molar-refractivity contribution >= 4 is 0 Å². The Morgan fingerprint density at radius 3 is 2.07 bits per heavy atom. The minimum atomic E-state index is -0.776. The molecule has 0 spiro atoms. The van der Waals surface area contributed by atoms with Gasteiger partial charge >= 0.3 is 0 Å². The third kappa shape index (κ3) is 9.11. The molecule has 2 aliphatic rings. The van der Waals surface area contributed by atoms with Crippen molar-refractivity contribution in [2.45, 2.75) is 141 Å². The molecule has 0 aromatic heterocycles. The Morgan fingerprint density at radius 2 is 1.39 bits per heavy atom. The van der Waals surface area contributed by atoms with E-state index in [-0.39, 0.29) is 5.92 Å². The molecule has 0 aromatic rings. The fourth-order valence-corrected chi connectivity index (χ4v) is 5.25. The first kappa shape index (κ1) is 24.1. The van der Waals surface area contributed by atoms with E-state index in [1.807, 2.05) is 0 Å². The summed E-state index contributed by atoms with van der Waals surface area (Å²) in [5.74, 6) is 0.915. The third-order valence-corrected chi connectivity index (χ3v) is 7.20. The van der Waals surface area contributed by atoms with Crippen molar-refractivity contribution in [2.75, 3.05) is 6.61 Å². The van der Waals surface area contributed by atoms with E-state index in [1.165, 1.54) is 96.3 Å². The minimum absolute atomic E-state index is 0.255. The van der Waals surface area contributed by atoms with E-state index < -0.39 is 6.30 Å². The number of piperidine rings is 1. The van der Waals surface area contributed by atoms with Crippen molar-refractivity contribution in [2.24, 2.45) is 11.8 Å². The highest BCUT2D eigenvalue weighted by Crippen LogP contribution is 2.35. The van der Waals surface area contributed by atoms with Crippen molar-refractivity contribution < 1.29 is 9.13 Å². The lowest BCUT2D eigenvalue weighted by Gasteiger charge is -2.40. The smallest absolute Gasteiger partial charge is 0.154 e. The Labute approximate surface area is 174 Å². The van der Waals surface area contributed by atoms with Crippen LogP contribution in [0.5, 0.6) is 0 Å². The Hall–Kier alpha value is -0.150. The van der Waals surface area contributed by atoms with E-state index in [4.69, 9.17) is 4.74 Å². The highest BCUT2D eigenvalue weighted by atomic mass is 19.1. The van der Waals surface area contributed by atoms with Crippen LogP contribution in [0.1, 0.15) is 123 Å². The van der Waals surface area contributed by atoms with E-state index in [9.17, 15) is 4.39 Å². The molecule has 2 fully saturated rings. The Balaban J connectivity index is 1.55. The molecule has 1 aliphatic carbocycles. The lowest BCUT2D eigenvalue weighted by Crippen LogP contribution is -2.49. The zero-order chi connectivity index (χ0) is 20.0. The maximum atomic E-state index is 14.7. The van der Waals surface area contributed by atoms with Gasteiger partial charge in [-0.1, -0.05) is 71.6 Å². The molecule has 1 saturated carbocycles. The van der Waals surface area contributed by atoms with Crippen LogP contribution in [0.3, 0.4) is 0 Å². The maximum Gasteiger partial charge on any atom is 0.154 e. The van der Waals surface area contributed by atoms with Crippen LogP contribution in [-0.2, 0) is 4.74 Å². The number of ether oxygens (including phenoxy) is 1. The molecule has 1 aliphatic heterocycles. The maximum absolute atomic E-state index is 14.7. The van der Waals surface area contributed by atoms with E-state index in [1.54, 1.807) is 0 Å². The van der Waals surface area contributed by atoms with Gasteiger partial charge in [-0.15, -0.1) is 0 Å². The summed E-state index contributed by atoms with van der Waals surface area (Å²) in [5, 5.41) is 3.37. The molecular weight excluding hydrogens is 349 g/mol. The highest BCUT2D eigenvalue weighted by Gasteiger charge is 2.35. The predicted molar refractivity (Wildman–Crippen MR) is 118 cm³/mol. The molecule has 0 bridgehead atoms. The van der Waals surface area contributed by atoms with Gasteiger partial charge in [0, 0.05) is 18.6 Å². The number of nitrogens with one attached hydrogen (secondary N) is 1. The molecule has 0 aromatic carbocycles. The fraction of sp³-hybridized carbons (Fsp3) is 1.00. The van der Waals surface area contributed by atoms with Gasteiger partial charge in [-0.2, -0.15) is 0 Å². The van der Waals surface area contributed by atoms with Gasteiger partial charge in [0.25, 0.3) is 0 Å². The lowest BCUT2D eigenvalue weighted by molar-refractivity contribution is 0.00299. The first-order valence-corrected chi connectivity index (χ1v) is 12.8.